The van der Waals surface area contributed by atoms with Crippen molar-refractivity contribution in [3.05, 3.63) is 53.7 Å². The second-order valence-corrected chi connectivity index (χ2v) is 5.89. The van der Waals surface area contributed by atoms with E-state index in [2.05, 4.69) is 15.6 Å². The Kier molecular flexibility index (Phi) is 5.53. The van der Waals surface area contributed by atoms with Crippen LogP contribution in [-0.2, 0) is 10.9 Å². The number of carbonyl (C=O) groups excluding carboxylic acids is 1. The largest absolute Gasteiger partial charge is 0.433 e. The summed E-state index contributed by atoms with van der Waals surface area (Å²) >= 11 is 0. The molecule has 0 bridgehead atoms. The minimum atomic E-state index is -4.51. The topological polar surface area (TPSA) is 63.2 Å². The van der Waals surface area contributed by atoms with Crippen molar-refractivity contribution in [2.45, 2.75) is 12.3 Å². The molecule has 1 fully saturated rings. The van der Waals surface area contributed by atoms with Gasteiger partial charge >= 0.3 is 6.18 Å². The van der Waals surface area contributed by atoms with Crippen LogP contribution in [0.2, 0.25) is 0 Å². The van der Waals surface area contributed by atoms with E-state index < -0.39 is 11.9 Å². The number of benzene rings is 1. The lowest BCUT2D eigenvalue weighted by atomic mass is 10.1. The van der Waals surface area contributed by atoms with E-state index in [0.717, 1.165) is 12.6 Å². The third-order valence-electron chi connectivity index (χ3n) is 3.95. The monoisotopic (exact) mass is 365 g/mol. The summed E-state index contributed by atoms with van der Waals surface area (Å²) in [6.45, 7) is 2.40. The second kappa shape index (κ2) is 7.84. The Morgan fingerprint density at radius 2 is 2.08 bits per heavy atom. The van der Waals surface area contributed by atoms with Crippen LogP contribution in [-0.4, -0.2) is 43.2 Å². The van der Waals surface area contributed by atoms with E-state index in [4.69, 9.17) is 4.74 Å². The Morgan fingerprint density at radius 3 is 2.81 bits per heavy atom. The summed E-state index contributed by atoms with van der Waals surface area (Å²) in [5.41, 5.74) is -0.00842. The smallest absolute Gasteiger partial charge is 0.374 e. The standard InChI is InChI=1S/C18H18F3N3O2/c19-18(20,21)16-6-2-5-15(24-16)12-3-1-4-13(9-12)17(25)23-11-14-10-22-7-8-26-14/h1-6,9,14,22H,7-8,10-11H2,(H,23,25)/t14-/m0/s1. The Labute approximate surface area is 148 Å². The molecular formula is C18H18F3N3O2. The molecule has 3 rings (SSSR count). The summed E-state index contributed by atoms with van der Waals surface area (Å²) in [5, 5.41) is 5.95. The van der Waals surface area contributed by atoms with Crippen molar-refractivity contribution in [3.63, 3.8) is 0 Å². The van der Waals surface area contributed by atoms with E-state index in [-0.39, 0.29) is 17.7 Å². The van der Waals surface area contributed by atoms with Gasteiger partial charge in [-0.05, 0) is 24.3 Å². The van der Waals surface area contributed by atoms with Crippen LogP contribution in [0.25, 0.3) is 11.3 Å². The molecule has 8 heteroatoms. The number of nitrogens with one attached hydrogen (secondary N) is 2. The van der Waals surface area contributed by atoms with E-state index in [1.54, 1.807) is 18.2 Å². The predicted octanol–water partition coefficient (Wildman–Crippen LogP) is 2.49. The summed E-state index contributed by atoms with van der Waals surface area (Å²) < 4.78 is 44.0. The van der Waals surface area contributed by atoms with Crippen molar-refractivity contribution in [2.24, 2.45) is 0 Å². The van der Waals surface area contributed by atoms with Gasteiger partial charge in [0, 0.05) is 30.8 Å². The fourth-order valence-electron chi connectivity index (χ4n) is 2.63. The number of aromatic nitrogens is 1. The molecule has 0 spiro atoms. The van der Waals surface area contributed by atoms with Crippen LogP contribution in [0, 0.1) is 0 Å². The number of nitrogens with zero attached hydrogens (tertiary/aromatic N) is 1. The highest BCUT2D eigenvalue weighted by atomic mass is 19.4. The zero-order chi connectivity index (χ0) is 18.6. The maximum atomic E-state index is 12.8. The summed E-state index contributed by atoms with van der Waals surface area (Å²) in [5.74, 6) is -0.312. The fourth-order valence-corrected chi connectivity index (χ4v) is 2.63. The van der Waals surface area contributed by atoms with Gasteiger partial charge in [-0.1, -0.05) is 18.2 Å². The number of pyridine rings is 1. The highest BCUT2D eigenvalue weighted by molar-refractivity contribution is 5.95. The van der Waals surface area contributed by atoms with Gasteiger partial charge < -0.3 is 15.4 Å². The first kappa shape index (κ1) is 18.3. The first-order chi connectivity index (χ1) is 12.4. The number of hydrogen-bond acceptors (Lipinski definition) is 4. The molecule has 2 heterocycles. The fraction of sp³-hybridized carbons (Fsp3) is 0.333. The van der Waals surface area contributed by atoms with Crippen LogP contribution in [0.15, 0.2) is 42.5 Å². The number of carbonyl (C=O) groups is 1. The van der Waals surface area contributed by atoms with Crippen molar-refractivity contribution in [3.8, 4) is 11.3 Å². The first-order valence-electron chi connectivity index (χ1n) is 8.19. The lowest BCUT2D eigenvalue weighted by Gasteiger charge is -2.23. The molecule has 1 aliphatic heterocycles. The second-order valence-electron chi connectivity index (χ2n) is 5.89. The van der Waals surface area contributed by atoms with Crippen molar-refractivity contribution < 1.29 is 22.7 Å². The molecule has 1 aromatic carbocycles. The van der Waals surface area contributed by atoms with Gasteiger partial charge in [0.05, 0.1) is 18.4 Å². The third-order valence-corrected chi connectivity index (χ3v) is 3.95. The zero-order valence-corrected chi connectivity index (χ0v) is 13.8. The summed E-state index contributed by atoms with van der Waals surface area (Å²) in [4.78, 5) is 16.0. The molecule has 1 atom stereocenters. The minimum Gasteiger partial charge on any atom is -0.374 e. The van der Waals surface area contributed by atoms with E-state index in [9.17, 15) is 18.0 Å². The molecule has 138 valence electrons. The van der Waals surface area contributed by atoms with Crippen LogP contribution < -0.4 is 10.6 Å². The van der Waals surface area contributed by atoms with Gasteiger partial charge in [0.2, 0.25) is 0 Å². The molecule has 1 saturated heterocycles. The Hall–Kier alpha value is -2.45. The molecule has 2 N–H and O–H groups in total. The van der Waals surface area contributed by atoms with Gasteiger partial charge in [0.25, 0.3) is 5.91 Å². The molecule has 1 amide bonds. The molecule has 0 aliphatic carbocycles. The number of hydrogen-bond donors (Lipinski definition) is 2. The van der Waals surface area contributed by atoms with Crippen LogP contribution in [0.4, 0.5) is 13.2 Å². The zero-order valence-electron chi connectivity index (χ0n) is 13.8. The van der Waals surface area contributed by atoms with Gasteiger partial charge in [-0.15, -0.1) is 0 Å². The molecule has 26 heavy (non-hydrogen) atoms. The van der Waals surface area contributed by atoms with Crippen molar-refractivity contribution in [1.29, 1.82) is 0 Å². The number of morpholine rings is 1. The quantitative estimate of drug-likeness (QED) is 0.874. The molecule has 0 radical (unpaired) electrons. The average molecular weight is 365 g/mol. The minimum absolute atomic E-state index is 0.0963. The summed E-state index contributed by atoms with van der Waals surface area (Å²) in [6, 6.07) is 10.1. The molecule has 2 aromatic rings. The lowest BCUT2D eigenvalue weighted by Crippen LogP contribution is -2.45. The summed E-state index contributed by atoms with van der Waals surface area (Å²) in [7, 11) is 0. The first-order valence-corrected chi connectivity index (χ1v) is 8.19. The van der Waals surface area contributed by atoms with Gasteiger partial charge in [-0.2, -0.15) is 13.2 Å². The number of rotatable bonds is 4. The SMILES string of the molecule is O=C(NC[C@@H]1CNCCO1)c1cccc(-c2cccc(C(F)(F)F)n2)c1. The van der Waals surface area contributed by atoms with Gasteiger partial charge in [0.15, 0.2) is 0 Å². The third kappa shape index (κ3) is 4.59. The van der Waals surface area contributed by atoms with Gasteiger partial charge in [-0.25, -0.2) is 4.98 Å². The normalized spacial score (nSPS) is 17.7. The van der Waals surface area contributed by atoms with E-state index >= 15 is 0 Å². The van der Waals surface area contributed by atoms with E-state index in [1.807, 2.05) is 0 Å². The van der Waals surface area contributed by atoms with Gasteiger partial charge in [-0.3, -0.25) is 4.79 Å². The van der Waals surface area contributed by atoms with Crippen LogP contribution in [0.5, 0.6) is 0 Å². The number of amides is 1. The highest BCUT2D eigenvalue weighted by Crippen LogP contribution is 2.29. The van der Waals surface area contributed by atoms with Crippen molar-refractivity contribution >= 4 is 5.91 Å². The van der Waals surface area contributed by atoms with Crippen LogP contribution in [0.3, 0.4) is 0 Å². The predicted molar refractivity (Wildman–Crippen MR) is 89.6 cm³/mol. The summed E-state index contributed by atoms with van der Waals surface area (Å²) in [6.07, 6.45) is -4.61. The molecular weight excluding hydrogens is 347 g/mol. The highest BCUT2D eigenvalue weighted by Gasteiger charge is 2.32. The average Bonchev–Trinajstić information content (AvgIpc) is 2.66. The number of halogens is 3. The molecule has 0 saturated carbocycles. The maximum Gasteiger partial charge on any atom is 0.433 e. The number of alkyl halides is 3. The Balaban J connectivity index is 1.72. The lowest BCUT2D eigenvalue weighted by molar-refractivity contribution is -0.141. The van der Waals surface area contributed by atoms with Gasteiger partial charge in [0.1, 0.15) is 5.69 Å². The Bertz CT molecular complexity index is 774. The van der Waals surface area contributed by atoms with Crippen LogP contribution >= 0.6 is 0 Å². The van der Waals surface area contributed by atoms with Crippen molar-refractivity contribution in [2.75, 3.05) is 26.2 Å². The molecule has 0 unspecified atom stereocenters. The van der Waals surface area contributed by atoms with Crippen molar-refractivity contribution in [1.82, 2.24) is 15.6 Å². The molecule has 1 aliphatic rings. The molecule has 5 nitrogen and oxygen atoms in total. The number of ether oxygens (including phenoxy) is 1. The van der Waals surface area contributed by atoms with E-state index in [0.29, 0.717) is 30.8 Å². The molecule has 1 aromatic heterocycles. The van der Waals surface area contributed by atoms with Crippen LogP contribution in [0.1, 0.15) is 16.1 Å². The van der Waals surface area contributed by atoms with E-state index in [1.165, 1.54) is 18.2 Å². The maximum absolute atomic E-state index is 12.8. The Morgan fingerprint density at radius 1 is 1.27 bits per heavy atom.